The van der Waals surface area contributed by atoms with E-state index in [1.165, 1.54) is 11.3 Å². The number of hydrogen-bond donors (Lipinski definition) is 1. The minimum Gasteiger partial charge on any atom is -0.491 e. The highest BCUT2D eigenvalue weighted by atomic mass is 32.1. The minimum atomic E-state index is -0.203. The molecule has 0 aliphatic rings. The molecule has 0 unspecified atom stereocenters. The number of nitrogens with one attached hydrogen (secondary N) is 1. The number of thiazole rings is 1. The summed E-state index contributed by atoms with van der Waals surface area (Å²) in [6, 6.07) is 15.4. The summed E-state index contributed by atoms with van der Waals surface area (Å²) >= 11 is 1.45. The Kier molecular flexibility index (Phi) is 5.14. The molecule has 0 fully saturated rings. The Morgan fingerprint density at radius 2 is 1.76 bits per heavy atom. The summed E-state index contributed by atoms with van der Waals surface area (Å²) < 4.78 is 5.64. The molecule has 2 aromatic carbocycles. The van der Waals surface area contributed by atoms with Gasteiger partial charge < -0.3 is 10.1 Å². The average Bonchev–Trinajstić information content (AvgIpc) is 3.07. The lowest BCUT2D eigenvalue weighted by molar-refractivity contribution is 0.102. The van der Waals surface area contributed by atoms with E-state index in [0.717, 1.165) is 27.6 Å². The summed E-state index contributed by atoms with van der Waals surface area (Å²) in [5, 5.41) is 5.45. The van der Waals surface area contributed by atoms with Crippen molar-refractivity contribution < 1.29 is 9.53 Å². The van der Waals surface area contributed by atoms with E-state index in [9.17, 15) is 4.79 Å². The fraction of sp³-hybridized carbons (Fsp3) is 0.200. The number of hydrogen-bond acceptors (Lipinski definition) is 4. The smallest absolute Gasteiger partial charge is 0.275 e. The Morgan fingerprint density at radius 1 is 1.08 bits per heavy atom. The monoisotopic (exact) mass is 352 g/mol. The van der Waals surface area contributed by atoms with E-state index in [4.69, 9.17) is 4.74 Å². The van der Waals surface area contributed by atoms with Crippen molar-refractivity contribution in [2.45, 2.75) is 26.9 Å². The maximum absolute atomic E-state index is 12.3. The largest absolute Gasteiger partial charge is 0.491 e. The Morgan fingerprint density at radius 3 is 2.40 bits per heavy atom. The van der Waals surface area contributed by atoms with Gasteiger partial charge in [0.2, 0.25) is 0 Å². The molecule has 0 saturated carbocycles. The van der Waals surface area contributed by atoms with Crippen molar-refractivity contribution in [3.8, 4) is 16.3 Å². The summed E-state index contributed by atoms with van der Waals surface area (Å²) in [6.45, 7) is 6.00. The van der Waals surface area contributed by atoms with Crippen molar-refractivity contribution in [2.75, 3.05) is 5.32 Å². The van der Waals surface area contributed by atoms with Crippen LogP contribution in [-0.2, 0) is 0 Å². The van der Waals surface area contributed by atoms with Crippen LogP contribution in [0.15, 0.2) is 53.9 Å². The number of carbonyl (C=O) groups excluding carboxylic acids is 1. The topological polar surface area (TPSA) is 51.2 Å². The SMILES string of the molecule is Cc1ccc(NC(=O)c2csc(-c3ccc(OC(C)C)cc3)n2)cc1. The van der Waals surface area contributed by atoms with E-state index in [1.807, 2.05) is 69.3 Å². The highest BCUT2D eigenvalue weighted by molar-refractivity contribution is 7.13. The van der Waals surface area contributed by atoms with Crippen molar-refractivity contribution >= 4 is 22.9 Å². The van der Waals surface area contributed by atoms with Gasteiger partial charge in [-0.15, -0.1) is 11.3 Å². The molecule has 1 amide bonds. The zero-order chi connectivity index (χ0) is 17.8. The Bertz CT molecular complexity index is 852. The average molecular weight is 352 g/mol. The van der Waals surface area contributed by atoms with Crippen LogP contribution in [0.25, 0.3) is 10.6 Å². The molecule has 4 nitrogen and oxygen atoms in total. The third kappa shape index (κ3) is 4.45. The van der Waals surface area contributed by atoms with Gasteiger partial charge in [0.25, 0.3) is 5.91 Å². The zero-order valence-corrected chi connectivity index (χ0v) is 15.3. The normalized spacial score (nSPS) is 10.7. The summed E-state index contributed by atoms with van der Waals surface area (Å²) in [6.07, 6.45) is 0.141. The molecule has 0 aliphatic carbocycles. The Labute approximate surface area is 151 Å². The third-order valence-electron chi connectivity index (χ3n) is 3.52. The number of benzene rings is 2. The van der Waals surface area contributed by atoms with Crippen LogP contribution in [-0.4, -0.2) is 17.0 Å². The van der Waals surface area contributed by atoms with Crippen LogP contribution in [0.2, 0.25) is 0 Å². The fourth-order valence-corrected chi connectivity index (χ4v) is 3.10. The standard InChI is InChI=1S/C20H20N2O2S/c1-13(2)24-17-10-6-15(7-11-17)20-22-18(12-25-20)19(23)21-16-8-4-14(3)5-9-16/h4-13H,1-3H3,(H,21,23). The van der Waals surface area contributed by atoms with Crippen molar-refractivity contribution in [2.24, 2.45) is 0 Å². The van der Waals surface area contributed by atoms with Gasteiger partial charge in [-0.05, 0) is 57.2 Å². The van der Waals surface area contributed by atoms with Gasteiger partial charge in [-0.3, -0.25) is 4.79 Å². The maximum Gasteiger partial charge on any atom is 0.275 e. The molecule has 3 rings (SSSR count). The lowest BCUT2D eigenvalue weighted by Crippen LogP contribution is -2.12. The Balaban J connectivity index is 1.71. The molecule has 128 valence electrons. The number of ether oxygens (including phenoxy) is 1. The summed E-state index contributed by atoms with van der Waals surface area (Å²) in [4.78, 5) is 16.8. The first-order valence-electron chi connectivity index (χ1n) is 8.12. The second-order valence-electron chi connectivity index (χ2n) is 6.05. The van der Waals surface area contributed by atoms with Crippen molar-refractivity contribution in [3.05, 3.63) is 65.2 Å². The van der Waals surface area contributed by atoms with Gasteiger partial charge in [0.1, 0.15) is 16.5 Å². The van der Waals surface area contributed by atoms with E-state index in [1.54, 1.807) is 5.38 Å². The number of aromatic nitrogens is 1. The highest BCUT2D eigenvalue weighted by Crippen LogP contribution is 2.26. The fourth-order valence-electron chi connectivity index (χ4n) is 2.29. The van der Waals surface area contributed by atoms with Crippen LogP contribution >= 0.6 is 11.3 Å². The lowest BCUT2D eigenvalue weighted by Gasteiger charge is -2.09. The van der Waals surface area contributed by atoms with Gasteiger partial charge >= 0.3 is 0 Å². The van der Waals surface area contributed by atoms with Gasteiger partial charge in [0.05, 0.1) is 6.10 Å². The van der Waals surface area contributed by atoms with Crippen molar-refractivity contribution in [1.29, 1.82) is 0 Å². The van der Waals surface area contributed by atoms with E-state index >= 15 is 0 Å². The quantitative estimate of drug-likeness (QED) is 0.690. The summed E-state index contributed by atoms with van der Waals surface area (Å²) in [7, 11) is 0. The molecule has 1 heterocycles. The van der Waals surface area contributed by atoms with E-state index in [2.05, 4.69) is 10.3 Å². The number of nitrogens with zero attached hydrogens (tertiary/aromatic N) is 1. The lowest BCUT2D eigenvalue weighted by atomic mass is 10.2. The van der Waals surface area contributed by atoms with Gasteiger partial charge in [-0.1, -0.05) is 17.7 Å². The number of aryl methyl sites for hydroxylation is 1. The Hall–Kier alpha value is -2.66. The number of amides is 1. The molecule has 0 bridgehead atoms. The van der Waals surface area contributed by atoms with Crippen LogP contribution < -0.4 is 10.1 Å². The first-order chi connectivity index (χ1) is 12.0. The molecule has 1 N–H and O–H groups in total. The van der Waals surface area contributed by atoms with E-state index in [-0.39, 0.29) is 12.0 Å². The molecular formula is C20H20N2O2S. The molecule has 0 radical (unpaired) electrons. The highest BCUT2D eigenvalue weighted by Gasteiger charge is 2.12. The van der Waals surface area contributed by atoms with Crippen LogP contribution in [0, 0.1) is 6.92 Å². The second kappa shape index (κ2) is 7.49. The number of carbonyl (C=O) groups is 1. The molecule has 1 aromatic heterocycles. The van der Waals surface area contributed by atoms with Crippen LogP contribution in [0.4, 0.5) is 5.69 Å². The van der Waals surface area contributed by atoms with Gasteiger partial charge in [-0.25, -0.2) is 4.98 Å². The maximum atomic E-state index is 12.3. The van der Waals surface area contributed by atoms with Crippen LogP contribution in [0.5, 0.6) is 5.75 Å². The summed E-state index contributed by atoms with van der Waals surface area (Å²) in [5.74, 6) is 0.624. The molecule has 0 aliphatic heterocycles. The number of anilines is 1. The third-order valence-corrected chi connectivity index (χ3v) is 4.41. The van der Waals surface area contributed by atoms with Crippen molar-refractivity contribution in [3.63, 3.8) is 0 Å². The first-order valence-corrected chi connectivity index (χ1v) is 9.00. The van der Waals surface area contributed by atoms with Crippen molar-refractivity contribution in [1.82, 2.24) is 4.98 Å². The first kappa shape index (κ1) is 17.2. The molecule has 0 saturated heterocycles. The van der Waals surface area contributed by atoms with E-state index in [0.29, 0.717) is 5.69 Å². The van der Waals surface area contributed by atoms with Gasteiger partial charge in [0, 0.05) is 16.6 Å². The predicted octanol–water partition coefficient (Wildman–Crippen LogP) is 5.16. The molecule has 5 heteroatoms. The number of rotatable bonds is 5. The van der Waals surface area contributed by atoms with Crippen LogP contribution in [0.3, 0.4) is 0 Å². The van der Waals surface area contributed by atoms with Crippen LogP contribution in [0.1, 0.15) is 29.9 Å². The zero-order valence-electron chi connectivity index (χ0n) is 14.4. The molecule has 0 atom stereocenters. The van der Waals surface area contributed by atoms with E-state index < -0.39 is 0 Å². The molecule has 3 aromatic rings. The second-order valence-corrected chi connectivity index (χ2v) is 6.91. The molecular weight excluding hydrogens is 332 g/mol. The van der Waals surface area contributed by atoms with Gasteiger partial charge in [-0.2, -0.15) is 0 Å². The predicted molar refractivity (Wildman–Crippen MR) is 102 cm³/mol. The molecule has 25 heavy (non-hydrogen) atoms. The van der Waals surface area contributed by atoms with Gasteiger partial charge in [0.15, 0.2) is 0 Å². The summed E-state index contributed by atoms with van der Waals surface area (Å²) in [5.41, 5.74) is 3.30. The molecule has 0 spiro atoms. The minimum absolute atomic E-state index is 0.141.